The van der Waals surface area contributed by atoms with E-state index in [1.807, 2.05) is 6.08 Å². The molecule has 6 atom stereocenters. The Morgan fingerprint density at radius 3 is 2.78 bits per heavy atom. The highest BCUT2D eigenvalue weighted by Crippen LogP contribution is 2.63. The summed E-state index contributed by atoms with van der Waals surface area (Å²) in [5.41, 5.74) is 0.489. The molecule has 0 aromatic heterocycles. The van der Waals surface area contributed by atoms with Crippen molar-refractivity contribution in [2.45, 2.75) is 52.0 Å². The number of carboxylic acids is 1. The Kier molecular flexibility index (Phi) is 3.07. The monoisotopic (exact) mass is 315 g/mol. The normalized spacial score (nSPS) is 47.9. The molecule has 3 aliphatic carbocycles. The molecule has 1 unspecified atom stereocenters. The fraction of sp³-hybridized carbons (Fsp3) is 0.684. The Hall–Kier alpha value is -1.58. The van der Waals surface area contributed by atoms with Crippen molar-refractivity contribution in [3.63, 3.8) is 0 Å². The van der Waals surface area contributed by atoms with Crippen LogP contribution in [0.2, 0.25) is 0 Å². The maximum atomic E-state index is 11.7. The van der Waals surface area contributed by atoms with E-state index in [1.165, 1.54) is 0 Å². The first-order valence-electron chi connectivity index (χ1n) is 8.80. The van der Waals surface area contributed by atoms with E-state index in [2.05, 4.69) is 25.2 Å². The Balaban J connectivity index is 1.67. The number of amides is 1. The highest BCUT2D eigenvalue weighted by Gasteiger charge is 2.58. The molecule has 0 aromatic rings. The molecule has 2 N–H and O–H groups in total. The van der Waals surface area contributed by atoms with Crippen LogP contribution >= 0.6 is 0 Å². The first-order chi connectivity index (χ1) is 10.9. The van der Waals surface area contributed by atoms with Crippen LogP contribution in [0.1, 0.15) is 46.0 Å². The van der Waals surface area contributed by atoms with Crippen molar-refractivity contribution < 1.29 is 14.7 Å². The number of carbonyl (C=O) groups excluding carboxylic acids is 1. The van der Waals surface area contributed by atoms with Gasteiger partial charge in [-0.2, -0.15) is 0 Å². The number of fused-ring (bicyclic) bond motifs is 5. The smallest absolute Gasteiger partial charge is 0.331 e. The standard InChI is InChI=1S/C19H25NO3/c1-18-9-7-13-11(12(18)4-5-14(18)17(22)23)3-6-15-19(13,2)10-8-16(21)20-15/h5,8,10-13,15H,3-4,6-7,9H2,1-2H3,(H,20,21)(H,22,23)/t11-,12-,13-,15?,18-,19+/m0/s1. The molecule has 4 aliphatic rings. The molecule has 0 bridgehead atoms. The quantitative estimate of drug-likeness (QED) is 0.782. The Morgan fingerprint density at radius 1 is 1.26 bits per heavy atom. The van der Waals surface area contributed by atoms with E-state index in [0.29, 0.717) is 23.3 Å². The number of nitrogens with one attached hydrogen (secondary N) is 1. The van der Waals surface area contributed by atoms with Crippen LogP contribution in [-0.2, 0) is 9.59 Å². The Labute approximate surface area is 137 Å². The highest BCUT2D eigenvalue weighted by atomic mass is 16.4. The van der Waals surface area contributed by atoms with Gasteiger partial charge in [0, 0.05) is 22.4 Å². The van der Waals surface area contributed by atoms with Crippen LogP contribution in [0.4, 0.5) is 0 Å². The van der Waals surface area contributed by atoms with Gasteiger partial charge in [-0.15, -0.1) is 0 Å². The third-order valence-corrected chi connectivity index (χ3v) is 7.50. The zero-order chi connectivity index (χ0) is 16.4. The second-order valence-electron chi connectivity index (χ2n) is 8.33. The molecule has 0 aromatic carbocycles. The zero-order valence-corrected chi connectivity index (χ0v) is 13.8. The summed E-state index contributed by atoms with van der Waals surface area (Å²) >= 11 is 0. The van der Waals surface area contributed by atoms with Crippen LogP contribution < -0.4 is 5.32 Å². The summed E-state index contributed by atoms with van der Waals surface area (Å²) in [6, 6.07) is 0.235. The topological polar surface area (TPSA) is 66.4 Å². The summed E-state index contributed by atoms with van der Waals surface area (Å²) in [5, 5.41) is 12.7. The molecule has 4 nitrogen and oxygen atoms in total. The van der Waals surface area contributed by atoms with Gasteiger partial charge in [0.2, 0.25) is 5.91 Å². The minimum Gasteiger partial charge on any atom is -0.478 e. The first kappa shape index (κ1) is 15.0. The highest BCUT2D eigenvalue weighted by molar-refractivity contribution is 5.89. The number of hydrogen-bond acceptors (Lipinski definition) is 2. The second kappa shape index (κ2) is 4.71. The third-order valence-electron chi connectivity index (χ3n) is 7.50. The Bertz CT molecular complexity index is 637. The van der Waals surface area contributed by atoms with E-state index < -0.39 is 5.97 Å². The van der Waals surface area contributed by atoms with Crippen LogP contribution in [-0.4, -0.2) is 23.0 Å². The van der Waals surface area contributed by atoms with Crippen molar-refractivity contribution in [3.05, 3.63) is 23.8 Å². The van der Waals surface area contributed by atoms with Gasteiger partial charge in [-0.3, -0.25) is 4.79 Å². The zero-order valence-electron chi connectivity index (χ0n) is 13.8. The molecule has 2 saturated carbocycles. The van der Waals surface area contributed by atoms with Crippen LogP contribution in [0.5, 0.6) is 0 Å². The minimum absolute atomic E-state index is 0.0180. The second-order valence-corrected chi connectivity index (χ2v) is 8.33. The fourth-order valence-corrected chi connectivity index (χ4v) is 6.23. The maximum Gasteiger partial charge on any atom is 0.331 e. The number of hydrogen-bond donors (Lipinski definition) is 2. The molecule has 4 heteroatoms. The average Bonchev–Trinajstić information content (AvgIpc) is 2.85. The third kappa shape index (κ3) is 1.90. The largest absolute Gasteiger partial charge is 0.478 e. The summed E-state index contributed by atoms with van der Waals surface area (Å²) in [5.74, 6) is 0.831. The SMILES string of the molecule is C[C@]12C=CC(=O)NC1CC[C@@H]1[C@@H]2CC[C@]2(C)C(C(=O)O)=CC[C@@H]12. The van der Waals surface area contributed by atoms with Crippen molar-refractivity contribution in [3.8, 4) is 0 Å². The molecule has 0 radical (unpaired) electrons. The van der Waals surface area contributed by atoms with Gasteiger partial charge in [0.05, 0.1) is 0 Å². The molecule has 1 aliphatic heterocycles. The fourth-order valence-electron chi connectivity index (χ4n) is 6.23. The molecule has 23 heavy (non-hydrogen) atoms. The van der Waals surface area contributed by atoms with Crippen LogP contribution in [0.25, 0.3) is 0 Å². The van der Waals surface area contributed by atoms with Crippen molar-refractivity contribution >= 4 is 11.9 Å². The van der Waals surface area contributed by atoms with Gasteiger partial charge in [0.25, 0.3) is 0 Å². The number of carbonyl (C=O) groups is 2. The van der Waals surface area contributed by atoms with Gasteiger partial charge in [0.1, 0.15) is 0 Å². The lowest BCUT2D eigenvalue weighted by Crippen LogP contribution is -2.59. The van der Waals surface area contributed by atoms with Crippen molar-refractivity contribution in [2.75, 3.05) is 0 Å². The first-order valence-corrected chi connectivity index (χ1v) is 8.80. The van der Waals surface area contributed by atoms with E-state index in [0.717, 1.165) is 32.1 Å². The van der Waals surface area contributed by atoms with Crippen molar-refractivity contribution in [1.29, 1.82) is 0 Å². The molecule has 1 heterocycles. The molecule has 2 fully saturated rings. The van der Waals surface area contributed by atoms with Gasteiger partial charge in [-0.1, -0.05) is 26.0 Å². The van der Waals surface area contributed by atoms with E-state index in [4.69, 9.17) is 0 Å². The van der Waals surface area contributed by atoms with E-state index in [9.17, 15) is 14.7 Å². The minimum atomic E-state index is -0.738. The molecular weight excluding hydrogens is 290 g/mol. The van der Waals surface area contributed by atoms with Gasteiger partial charge in [-0.05, 0) is 55.9 Å². The molecule has 0 spiro atoms. The number of rotatable bonds is 1. The maximum absolute atomic E-state index is 11.7. The van der Waals surface area contributed by atoms with Crippen molar-refractivity contribution in [1.82, 2.24) is 5.32 Å². The van der Waals surface area contributed by atoms with Gasteiger partial charge in [-0.25, -0.2) is 4.79 Å². The average molecular weight is 315 g/mol. The summed E-state index contributed by atoms with van der Waals surface area (Å²) in [7, 11) is 0. The van der Waals surface area contributed by atoms with Crippen LogP contribution in [0, 0.1) is 28.6 Å². The molecular formula is C19H25NO3. The predicted octanol–water partition coefficient (Wildman–Crippen LogP) is 2.90. The summed E-state index contributed by atoms with van der Waals surface area (Å²) < 4.78 is 0. The Morgan fingerprint density at radius 2 is 2.04 bits per heavy atom. The number of carboxylic acid groups (broad SMARTS) is 1. The van der Waals surface area contributed by atoms with E-state index >= 15 is 0 Å². The molecule has 1 amide bonds. The van der Waals surface area contributed by atoms with Crippen LogP contribution in [0.3, 0.4) is 0 Å². The summed E-state index contributed by atoms with van der Waals surface area (Å²) in [4.78, 5) is 23.3. The lowest BCUT2D eigenvalue weighted by Gasteiger charge is -2.58. The summed E-state index contributed by atoms with van der Waals surface area (Å²) in [6.07, 6.45) is 10.8. The molecule has 0 saturated heterocycles. The van der Waals surface area contributed by atoms with E-state index in [-0.39, 0.29) is 22.8 Å². The van der Waals surface area contributed by atoms with Crippen molar-refractivity contribution in [2.24, 2.45) is 28.6 Å². The predicted molar refractivity (Wildman–Crippen MR) is 86.6 cm³/mol. The van der Waals surface area contributed by atoms with Gasteiger partial charge in [0.15, 0.2) is 0 Å². The van der Waals surface area contributed by atoms with Crippen LogP contribution in [0.15, 0.2) is 23.8 Å². The molecule has 4 rings (SSSR count). The van der Waals surface area contributed by atoms with Gasteiger partial charge >= 0.3 is 5.97 Å². The summed E-state index contributed by atoms with van der Waals surface area (Å²) in [6.45, 7) is 4.45. The lowest BCUT2D eigenvalue weighted by atomic mass is 9.48. The van der Waals surface area contributed by atoms with Gasteiger partial charge < -0.3 is 10.4 Å². The van der Waals surface area contributed by atoms with E-state index in [1.54, 1.807) is 6.08 Å². The lowest BCUT2D eigenvalue weighted by molar-refractivity contribution is -0.135. The number of aliphatic carboxylic acids is 1. The molecule has 124 valence electrons. The number of allylic oxidation sites excluding steroid dienone is 1.